The first-order chi connectivity index (χ1) is 17.2. The molecule has 0 saturated heterocycles. The summed E-state index contributed by atoms with van der Waals surface area (Å²) in [6.45, 7) is 1.44. The predicted molar refractivity (Wildman–Crippen MR) is 138 cm³/mol. The number of para-hydroxylation sites is 1. The molecule has 0 radical (unpaired) electrons. The third-order valence-corrected chi connectivity index (χ3v) is 6.91. The topological polar surface area (TPSA) is 90.3 Å². The number of thioether (sulfide) groups is 1. The molecule has 1 amide bonds. The van der Waals surface area contributed by atoms with Gasteiger partial charge in [-0.2, -0.15) is 0 Å². The zero-order valence-corrected chi connectivity index (χ0v) is 20.9. The molecule has 0 atom stereocenters. The van der Waals surface area contributed by atoms with E-state index in [1.54, 1.807) is 7.11 Å². The van der Waals surface area contributed by atoms with Gasteiger partial charge in [0.2, 0.25) is 5.91 Å². The largest absolute Gasteiger partial charge is 0.497 e. The lowest BCUT2D eigenvalue weighted by Crippen LogP contribution is -2.29. The second kappa shape index (κ2) is 13.0. The van der Waals surface area contributed by atoms with Crippen molar-refractivity contribution in [2.75, 3.05) is 31.3 Å². The smallest absolute Gasteiger partial charge is 0.230 e. The normalized spacial score (nSPS) is 13.9. The fourth-order valence-electron chi connectivity index (χ4n) is 4.20. The minimum Gasteiger partial charge on any atom is -0.497 e. The van der Waals surface area contributed by atoms with Crippen molar-refractivity contribution in [1.29, 1.82) is 0 Å². The number of carbonyl (C=O) groups excluding carboxylic acids is 1. The Balaban J connectivity index is 1.33. The molecule has 35 heavy (non-hydrogen) atoms. The van der Waals surface area contributed by atoms with Gasteiger partial charge >= 0.3 is 0 Å². The van der Waals surface area contributed by atoms with Crippen LogP contribution in [0.25, 0.3) is 0 Å². The molecule has 0 unspecified atom stereocenters. The molecule has 1 aromatic heterocycles. The van der Waals surface area contributed by atoms with E-state index in [-0.39, 0.29) is 5.91 Å². The minimum atomic E-state index is -0.0408. The molecule has 1 aliphatic rings. The molecule has 0 bridgehead atoms. The van der Waals surface area contributed by atoms with Crippen molar-refractivity contribution in [2.45, 2.75) is 49.8 Å². The van der Waals surface area contributed by atoms with Gasteiger partial charge in [0.15, 0.2) is 11.0 Å². The Bertz CT molecular complexity index is 1070. The van der Waals surface area contributed by atoms with Crippen molar-refractivity contribution in [3.8, 4) is 11.5 Å². The molecule has 1 fully saturated rings. The van der Waals surface area contributed by atoms with E-state index in [0.29, 0.717) is 31.5 Å². The molecule has 1 saturated carbocycles. The fraction of sp³-hybridized carbons (Fsp3) is 0.423. The Kier molecular flexibility index (Phi) is 9.28. The maximum absolute atomic E-state index is 12.4. The molecule has 2 aromatic carbocycles. The van der Waals surface area contributed by atoms with E-state index < -0.39 is 0 Å². The summed E-state index contributed by atoms with van der Waals surface area (Å²) in [6.07, 6.45) is 5.91. The summed E-state index contributed by atoms with van der Waals surface area (Å²) < 4.78 is 13.2. The SMILES string of the molecule is COc1cccc(NCc2nnc(SCC(=O)NCCOc3ccccc3)n2C2CCCCC2)c1. The first-order valence-corrected chi connectivity index (χ1v) is 13.1. The maximum Gasteiger partial charge on any atom is 0.230 e. The molecule has 0 spiro atoms. The summed E-state index contributed by atoms with van der Waals surface area (Å²) in [5.41, 5.74) is 0.967. The van der Waals surface area contributed by atoms with Crippen molar-refractivity contribution < 1.29 is 14.3 Å². The maximum atomic E-state index is 12.4. The van der Waals surface area contributed by atoms with Crippen molar-refractivity contribution in [3.05, 3.63) is 60.4 Å². The van der Waals surface area contributed by atoms with Crippen LogP contribution in [-0.2, 0) is 11.3 Å². The van der Waals surface area contributed by atoms with Crippen molar-refractivity contribution >= 4 is 23.4 Å². The lowest BCUT2D eigenvalue weighted by atomic mass is 9.95. The van der Waals surface area contributed by atoms with Crippen LogP contribution in [0, 0.1) is 0 Å². The van der Waals surface area contributed by atoms with Gasteiger partial charge in [-0.05, 0) is 37.1 Å². The van der Waals surface area contributed by atoms with E-state index in [2.05, 4.69) is 25.4 Å². The van der Waals surface area contributed by atoms with E-state index in [1.807, 2.05) is 54.6 Å². The molecule has 4 rings (SSSR count). The van der Waals surface area contributed by atoms with Gasteiger partial charge in [-0.3, -0.25) is 4.79 Å². The Morgan fingerprint density at radius 2 is 1.86 bits per heavy atom. The van der Waals surface area contributed by atoms with Crippen LogP contribution in [0.4, 0.5) is 5.69 Å². The van der Waals surface area contributed by atoms with Crippen LogP contribution in [0.5, 0.6) is 11.5 Å². The Labute approximate surface area is 210 Å². The predicted octanol–water partition coefficient (Wildman–Crippen LogP) is 4.69. The summed E-state index contributed by atoms with van der Waals surface area (Å²) in [5, 5.41) is 16.1. The number of nitrogens with zero attached hydrogens (tertiary/aromatic N) is 3. The van der Waals surface area contributed by atoms with Gasteiger partial charge in [-0.1, -0.05) is 55.3 Å². The number of nitrogens with one attached hydrogen (secondary N) is 2. The van der Waals surface area contributed by atoms with Gasteiger partial charge < -0.3 is 24.7 Å². The number of anilines is 1. The van der Waals surface area contributed by atoms with Gasteiger partial charge in [0.1, 0.15) is 18.1 Å². The van der Waals surface area contributed by atoms with Gasteiger partial charge in [0, 0.05) is 17.8 Å². The number of aromatic nitrogens is 3. The van der Waals surface area contributed by atoms with E-state index in [4.69, 9.17) is 9.47 Å². The number of rotatable bonds is 12. The van der Waals surface area contributed by atoms with E-state index >= 15 is 0 Å². The molecule has 1 heterocycles. The van der Waals surface area contributed by atoms with Gasteiger partial charge in [-0.15, -0.1) is 10.2 Å². The Morgan fingerprint density at radius 3 is 2.66 bits per heavy atom. The summed E-state index contributed by atoms with van der Waals surface area (Å²) in [6, 6.07) is 17.8. The average Bonchev–Trinajstić information content (AvgIpc) is 3.32. The first-order valence-electron chi connectivity index (χ1n) is 12.1. The van der Waals surface area contributed by atoms with Crippen LogP contribution in [-0.4, -0.2) is 46.7 Å². The van der Waals surface area contributed by atoms with E-state index in [9.17, 15) is 4.79 Å². The lowest BCUT2D eigenvalue weighted by molar-refractivity contribution is -0.118. The quantitative estimate of drug-likeness (QED) is 0.278. The Morgan fingerprint density at radius 1 is 1.06 bits per heavy atom. The van der Waals surface area contributed by atoms with Gasteiger partial charge in [-0.25, -0.2) is 0 Å². The van der Waals surface area contributed by atoms with Gasteiger partial charge in [0.05, 0.1) is 26.0 Å². The van der Waals surface area contributed by atoms with E-state index in [0.717, 1.165) is 41.0 Å². The monoisotopic (exact) mass is 495 g/mol. The van der Waals surface area contributed by atoms with Crippen LogP contribution >= 0.6 is 11.8 Å². The molecule has 8 nitrogen and oxygen atoms in total. The summed E-state index contributed by atoms with van der Waals surface area (Å²) in [5.74, 6) is 2.74. The number of methoxy groups -OCH3 is 1. The van der Waals surface area contributed by atoms with Crippen LogP contribution in [0.1, 0.15) is 44.0 Å². The third-order valence-electron chi connectivity index (χ3n) is 5.96. The zero-order chi connectivity index (χ0) is 24.3. The molecule has 3 aromatic rings. The van der Waals surface area contributed by atoms with Crippen LogP contribution in [0.2, 0.25) is 0 Å². The van der Waals surface area contributed by atoms with Crippen LogP contribution in [0.3, 0.4) is 0 Å². The average molecular weight is 496 g/mol. The first kappa shape index (κ1) is 24.9. The number of carbonyl (C=O) groups is 1. The Hall–Kier alpha value is -3.20. The lowest BCUT2D eigenvalue weighted by Gasteiger charge is -2.25. The van der Waals surface area contributed by atoms with Gasteiger partial charge in [0.25, 0.3) is 0 Å². The molecule has 0 aliphatic heterocycles. The summed E-state index contributed by atoms with van der Waals surface area (Å²) in [4.78, 5) is 12.4. The zero-order valence-electron chi connectivity index (χ0n) is 20.1. The number of hydrogen-bond donors (Lipinski definition) is 2. The highest BCUT2D eigenvalue weighted by Gasteiger charge is 2.23. The number of benzene rings is 2. The highest BCUT2D eigenvalue weighted by Crippen LogP contribution is 2.33. The second-order valence-corrected chi connectivity index (χ2v) is 9.39. The van der Waals surface area contributed by atoms with Crippen molar-refractivity contribution in [3.63, 3.8) is 0 Å². The number of amides is 1. The highest BCUT2D eigenvalue weighted by atomic mass is 32.2. The number of ether oxygens (including phenoxy) is 2. The third kappa shape index (κ3) is 7.39. The van der Waals surface area contributed by atoms with E-state index in [1.165, 1.54) is 31.0 Å². The van der Waals surface area contributed by atoms with Crippen LogP contribution in [0.15, 0.2) is 59.8 Å². The van der Waals surface area contributed by atoms with Crippen molar-refractivity contribution in [1.82, 2.24) is 20.1 Å². The molecule has 186 valence electrons. The van der Waals surface area contributed by atoms with Crippen molar-refractivity contribution in [2.24, 2.45) is 0 Å². The summed E-state index contributed by atoms with van der Waals surface area (Å²) >= 11 is 1.44. The highest BCUT2D eigenvalue weighted by molar-refractivity contribution is 7.99. The minimum absolute atomic E-state index is 0.0408. The second-order valence-electron chi connectivity index (χ2n) is 8.45. The molecule has 2 N–H and O–H groups in total. The molecular formula is C26H33N5O3S. The molecule has 9 heteroatoms. The summed E-state index contributed by atoms with van der Waals surface area (Å²) in [7, 11) is 1.66. The van der Waals surface area contributed by atoms with Crippen LogP contribution < -0.4 is 20.1 Å². The number of hydrogen-bond acceptors (Lipinski definition) is 7. The standard InChI is InChI=1S/C26H33N5O3S/c1-33-23-14-8-9-20(17-23)28-18-24-29-30-26(31(24)21-10-4-2-5-11-21)35-19-25(32)27-15-16-34-22-12-6-3-7-13-22/h3,6-9,12-14,17,21,28H,2,4-5,10-11,15-16,18-19H2,1H3,(H,27,32). The fourth-order valence-corrected chi connectivity index (χ4v) is 5.06. The molecule has 1 aliphatic carbocycles. The molecular weight excluding hydrogens is 462 g/mol.